The molecule has 0 aliphatic rings. The molecule has 162 valence electrons. The second kappa shape index (κ2) is 10.4. The number of aliphatic hydroxyl groups excluding tert-OH is 1. The Balaban J connectivity index is 2.36. The number of aliphatic hydroxyl groups is 1. The fourth-order valence-electron chi connectivity index (χ4n) is 3.40. The van der Waals surface area contributed by atoms with Crippen molar-refractivity contribution in [1.29, 1.82) is 0 Å². The van der Waals surface area contributed by atoms with Gasteiger partial charge in [-0.15, -0.1) is 0 Å². The lowest BCUT2D eigenvalue weighted by Crippen LogP contribution is -2.39. The second-order valence-electron chi connectivity index (χ2n) is 7.13. The zero-order valence-electron chi connectivity index (χ0n) is 17.2. The molecule has 1 aromatic carbocycles. The van der Waals surface area contributed by atoms with E-state index >= 15 is 0 Å². The van der Waals surface area contributed by atoms with Crippen LogP contribution in [0.2, 0.25) is 0 Å². The van der Waals surface area contributed by atoms with Crippen molar-refractivity contribution in [3.05, 3.63) is 58.2 Å². The van der Waals surface area contributed by atoms with Gasteiger partial charge in [0.25, 0.3) is 0 Å². The van der Waals surface area contributed by atoms with Gasteiger partial charge in [0.2, 0.25) is 5.91 Å². The van der Waals surface area contributed by atoms with Crippen LogP contribution < -0.4 is 11.5 Å². The maximum absolute atomic E-state index is 11.9. The summed E-state index contributed by atoms with van der Waals surface area (Å²) in [6.45, 7) is 5.38. The van der Waals surface area contributed by atoms with Gasteiger partial charge in [0.05, 0.1) is 12.6 Å². The van der Waals surface area contributed by atoms with Gasteiger partial charge < -0.3 is 31.6 Å². The third-order valence-corrected chi connectivity index (χ3v) is 6.14. The van der Waals surface area contributed by atoms with Gasteiger partial charge in [0, 0.05) is 40.0 Å². The van der Waals surface area contributed by atoms with E-state index in [9.17, 15) is 15.0 Å². The quantitative estimate of drug-likeness (QED) is 0.354. The van der Waals surface area contributed by atoms with E-state index in [1.165, 1.54) is 11.0 Å². The molecule has 0 saturated carbocycles. The number of nitrogens with two attached hydrogens (primary N) is 2. The number of amides is 1. The zero-order chi connectivity index (χ0) is 22.4. The Bertz CT molecular complexity index is 938. The number of phenols is 1. The number of rotatable bonds is 9. The molecule has 0 unspecified atom stereocenters. The van der Waals surface area contributed by atoms with Gasteiger partial charge in [-0.25, -0.2) is 0 Å². The van der Waals surface area contributed by atoms with Crippen molar-refractivity contribution in [2.24, 2.45) is 5.73 Å². The molecular formula is C22H29BrN4O3. The van der Waals surface area contributed by atoms with Crippen molar-refractivity contribution >= 4 is 39.4 Å². The lowest BCUT2D eigenvalue weighted by atomic mass is 9.93. The summed E-state index contributed by atoms with van der Waals surface area (Å²) < 4.78 is 0.764. The number of para-hydroxylation sites is 1. The van der Waals surface area contributed by atoms with E-state index in [0.29, 0.717) is 29.1 Å². The molecule has 0 aliphatic carbocycles. The molecule has 0 fully saturated rings. The van der Waals surface area contributed by atoms with Crippen LogP contribution in [0.25, 0.3) is 11.8 Å². The number of carbonyl (C=O) groups is 1. The van der Waals surface area contributed by atoms with Crippen molar-refractivity contribution in [1.82, 2.24) is 9.88 Å². The molecule has 2 aromatic rings. The van der Waals surface area contributed by atoms with Gasteiger partial charge in [-0.1, -0.05) is 25.6 Å². The first-order valence-electron chi connectivity index (χ1n) is 9.67. The first kappa shape index (κ1) is 23.6. The van der Waals surface area contributed by atoms with Crippen molar-refractivity contribution < 1.29 is 15.0 Å². The first-order chi connectivity index (χ1) is 14.2. The van der Waals surface area contributed by atoms with Crippen molar-refractivity contribution in [3.63, 3.8) is 0 Å². The van der Waals surface area contributed by atoms with Crippen molar-refractivity contribution in [2.45, 2.75) is 31.7 Å². The number of hydrogen-bond donors (Lipinski definition) is 5. The maximum atomic E-state index is 11.9. The Morgan fingerprint density at radius 1 is 1.40 bits per heavy atom. The summed E-state index contributed by atoms with van der Waals surface area (Å²) in [5, 5.41) is 19.8. The molecule has 30 heavy (non-hydrogen) atoms. The molecular weight excluding hydrogens is 448 g/mol. The molecule has 0 aliphatic heterocycles. The van der Waals surface area contributed by atoms with Crippen LogP contribution in [0.1, 0.15) is 42.5 Å². The number of nitrogens with one attached hydrogen (secondary N) is 1. The Hall–Kier alpha value is -2.71. The first-order valence-corrected chi connectivity index (χ1v) is 10.5. The summed E-state index contributed by atoms with van der Waals surface area (Å²) in [5.41, 5.74) is 14.9. The van der Waals surface area contributed by atoms with E-state index in [0.717, 1.165) is 16.6 Å². The molecule has 0 bridgehead atoms. The third-order valence-electron chi connectivity index (χ3n) is 5.29. The molecule has 7 nitrogen and oxygen atoms in total. The fourth-order valence-corrected chi connectivity index (χ4v) is 4.15. The Morgan fingerprint density at radius 3 is 2.63 bits per heavy atom. The topological polar surface area (TPSA) is 129 Å². The highest BCUT2D eigenvalue weighted by Gasteiger charge is 2.26. The molecule has 1 amide bonds. The number of phenolic OH excluding ortho intramolecular Hbond substituents is 1. The van der Waals surface area contributed by atoms with Gasteiger partial charge in [-0.3, -0.25) is 4.79 Å². The Morgan fingerprint density at radius 2 is 2.07 bits per heavy atom. The van der Waals surface area contributed by atoms with Crippen LogP contribution in [0, 0.1) is 0 Å². The van der Waals surface area contributed by atoms with Crippen LogP contribution in [0.15, 0.2) is 41.4 Å². The summed E-state index contributed by atoms with van der Waals surface area (Å²) >= 11 is 3.62. The molecule has 1 aromatic heterocycles. The van der Waals surface area contributed by atoms with Gasteiger partial charge in [-0.05, 0) is 53.1 Å². The summed E-state index contributed by atoms with van der Waals surface area (Å²) in [6, 6.07) is 6.45. The average molecular weight is 477 g/mol. The largest absolute Gasteiger partial charge is 0.507 e. The number of halogens is 1. The van der Waals surface area contributed by atoms with Gasteiger partial charge in [0.15, 0.2) is 0 Å². The van der Waals surface area contributed by atoms with Crippen LogP contribution in [0.4, 0.5) is 5.82 Å². The number of hydrogen-bond acceptors (Lipinski definition) is 5. The zero-order valence-corrected chi connectivity index (χ0v) is 18.8. The molecule has 1 heterocycles. The van der Waals surface area contributed by atoms with Crippen molar-refractivity contribution in [2.75, 3.05) is 19.4 Å². The van der Waals surface area contributed by atoms with Crippen LogP contribution in [0.5, 0.6) is 5.75 Å². The Labute approximate surface area is 185 Å². The second-order valence-corrected chi connectivity index (χ2v) is 7.92. The average Bonchev–Trinajstić information content (AvgIpc) is 3.02. The maximum Gasteiger partial charge on any atom is 0.246 e. The highest BCUT2D eigenvalue weighted by molar-refractivity contribution is 9.10. The molecule has 7 N–H and O–H groups in total. The normalized spacial score (nSPS) is 13.7. The predicted molar refractivity (Wildman–Crippen MR) is 125 cm³/mol. The fraction of sp³-hybridized carbons (Fsp3) is 0.318. The minimum Gasteiger partial charge on any atom is -0.507 e. The third kappa shape index (κ3) is 5.06. The molecule has 0 radical (unpaired) electrons. The number of likely N-dealkylation sites (N-methyl/N-ethyl adjacent to an activating group) is 1. The monoisotopic (exact) mass is 476 g/mol. The molecule has 0 saturated heterocycles. The van der Waals surface area contributed by atoms with Crippen LogP contribution in [-0.4, -0.2) is 45.7 Å². The molecule has 0 spiro atoms. The summed E-state index contributed by atoms with van der Waals surface area (Å²) in [7, 11) is 1.65. The number of anilines is 1. The van der Waals surface area contributed by atoms with E-state index in [-0.39, 0.29) is 30.2 Å². The summed E-state index contributed by atoms with van der Waals surface area (Å²) in [6.07, 6.45) is 4.25. The van der Waals surface area contributed by atoms with E-state index in [2.05, 4.69) is 27.5 Å². The Kier molecular flexibility index (Phi) is 8.14. The van der Waals surface area contributed by atoms with E-state index < -0.39 is 0 Å². The lowest BCUT2D eigenvalue weighted by molar-refractivity contribution is -0.127. The summed E-state index contributed by atoms with van der Waals surface area (Å²) in [5.74, 6) is 0.286. The van der Waals surface area contributed by atoms with Crippen LogP contribution in [-0.2, 0) is 4.79 Å². The van der Waals surface area contributed by atoms with Crippen LogP contribution >= 0.6 is 15.9 Å². The molecule has 2 rings (SSSR count). The highest BCUT2D eigenvalue weighted by Crippen LogP contribution is 2.38. The number of nitrogens with zero attached hydrogens (tertiary/aromatic N) is 1. The minimum absolute atomic E-state index is 0.00685. The number of aromatic amines is 1. The number of aromatic nitrogens is 1. The predicted octanol–water partition coefficient (Wildman–Crippen LogP) is 3.41. The number of nitrogen functional groups attached to an aromatic ring is 1. The lowest BCUT2D eigenvalue weighted by Gasteiger charge is -2.29. The van der Waals surface area contributed by atoms with Crippen molar-refractivity contribution in [3.8, 4) is 5.75 Å². The van der Waals surface area contributed by atoms with E-state index in [4.69, 9.17) is 11.5 Å². The number of H-pyrrole nitrogens is 1. The van der Waals surface area contributed by atoms with E-state index in [1.54, 1.807) is 37.4 Å². The van der Waals surface area contributed by atoms with Gasteiger partial charge in [0.1, 0.15) is 11.6 Å². The number of carbonyl (C=O) groups excluding carboxylic acids is 1. The summed E-state index contributed by atoms with van der Waals surface area (Å²) in [4.78, 5) is 16.6. The van der Waals surface area contributed by atoms with Gasteiger partial charge in [-0.2, -0.15) is 0 Å². The number of benzene rings is 1. The standard InChI is InChI=1S/C22H29BrN4O3/c1-4-13(10-14(12-28)27(3)19(30)5-2)21-20(23)16(22(25)26-21)11-17(24)15-8-6-7-9-18(15)29/h5-9,11,13-14,26,28-29H,2,4,10,12,24-25H2,1,3H3/b17-11-/t13-,14+/m1/s1. The van der Waals surface area contributed by atoms with E-state index in [1.807, 2.05) is 6.92 Å². The highest BCUT2D eigenvalue weighted by atomic mass is 79.9. The SMILES string of the molecule is C=CC(=O)N(C)[C@H](CO)C[C@@H](CC)c1[nH]c(N)c(/C=C(\N)c2ccccc2O)c1Br. The smallest absolute Gasteiger partial charge is 0.246 e. The van der Waals surface area contributed by atoms with Crippen LogP contribution in [0.3, 0.4) is 0 Å². The molecule has 2 atom stereocenters. The van der Waals surface area contributed by atoms with Gasteiger partial charge >= 0.3 is 0 Å². The minimum atomic E-state index is -0.359. The molecule has 8 heteroatoms. The number of aromatic hydroxyl groups is 1.